The summed E-state index contributed by atoms with van der Waals surface area (Å²) < 4.78 is 0. The Kier molecular flexibility index (Phi) is 5.33. The molecule has 0 spiro atoms. The molecule has 21 heavy (non-hydrogen) atoms. The van der Waals surface area contributed by atoms with Crippen LogP contribution in [0.5, 0.6) is 0 Å². The van der Waals surface area contributed by atoms with Crippen molar-refractivity contribution in [2.24, 2.45) is 0 Å². The van der Waals surface area contributed by atoms with E-state index < -0.39 is 0 Å². The van der Waals surface area contributed by atoms with Gasteiger partial charge in [-0.15, -0.1) is 0 Å². The van der Waals surface area contributed by atoms with Gasteiger partial charge in [0.2, 0.25) is 5.95 Å². The lowest BCUT2D eigenvalue weighted by Crippen LogP contribution is -2.28. The second-order valence-electron chi connectivity index (χ2n) is 5.37. The molecule has 0 saturated carbocycles. The van der Waals surface area contributed by atoms with Crippen LogP contribution in [0.3, 0.4) is 0 Å². The maximum Gasteiger partial charge on any atom is 0.224 e. The zero-order valence-electron chi connectivity index (χ0n) is 13.4. The van der Waals surface area contributed by atoms with Crippen LogP contribution in [0.1, 0.15) is 13.3 Å². The van der Waals surface area contributed by atoms with E-state index in [2.05, 4.69) is 52.2 Å². The van der Waals surface area contributed by atoms with Crippen LogP contribution in [-0.2, 0) is 0 Å². The van der Waals surface area contributed by atoms with E-state index in [1.54, 1.807) is 0 Å². The van der Waals surface area contributed by atoms with Gasteiger partial charge in [0.15, 0.2) is 0 Å². The Morgan fingerprint density at radius 3 is 2.52 bits per heavy atom. The lowest BCUT2D eigenvalue weighted by Gasteiger charge is -2.24. The molecule has 0 fully saturated rings. The first-order chi connectivity index (χ1) is 10.2. The molecule has 0 atom stereocenters. The van der Waals surface area contributed by atoms with Gasteiger partial charge in [0.1, 0.15) is 5.82 Å². The summed E-state index contributed by atoms with van der Waals surface area (Å²) in [5.74, 6) is 1.70. The SMILES string of the molecule is CCN(CCCN(C)C)c1nc(NC)nc2ccccc12. The highest BCUT2D eigenvalue weighted by molar-refractivity contribution is 5.90. The molecule has 2 rings (SSSR count). The smallest absolute Gasteiger partial charge is 0.224 e. The molecule has 0 amide bonds. The third-order valence-electron chi connectivity index (χ3n) is 3.52. The quantitative estimate of drug-likeness (QED) is 0.847. The second kappa shape index (κ2) is 7.22. The minimum Gasteiger partial charge on any atom is -0.357 e. The number of fused-ring (bicyclic) bond motifs is 1. The average molecular weight is 287 g/mol. The largest absolute Gasteiger partial charge is 0.357 e. The number of rotatable bonds is 7. The van der Waals surface area contributed by atoms with Gasteiger partial charge < -0.3 is 15.1 Å². The maximum absolute atomic E-state index is 4.68. The summed E-state index contributed by atoms with van der Waals surface area (Å²) in [6.07, 6.45) is 1.12. The summed E-state index contributed by atoms with van der Waals surface area (Å²) in [6.45, 7) is 5.19. The van der Waals surface area contributed by atoms with Crippen LogP contribution in [0.25, 0.3) is 10.9 Å². The molecular weight excluding hydrogens is 262 g/mol. The first-order valence-corrected chi connectivity index (χ1v) is 7.50. The van der Waals surface area contributed by atoms with Crippen LogP contribution in [0, 0.1) is 0 Å². The monoisotopic (exact) mass is 287 g/mol. The van der Waals surface area contributed by atoms with Gasteiger partial charge in [-0.3, -0.25) is 0 Å². The van der Waals surface area contributed by atoms with Crippen LogP contribution in [0.2, 0.25) is 0 Å². The summed E-state index contributed by atoms with van der Waals surface area (Å²) in [5.41, 5.74) is 0.984. The van der Waals surface area contributed by atoms with E-state index in [0.717, 1.165) is 42.8 Å². The van der Waals surface area contributed by atoms with E-state index in [9.17, 15) is 0 Å². The average Bonchev–Trinajstić information content (AvgIpc) is 2.50. The maximum atomic E-state index is 4.68. The fraction of sp³-hybridized carbons (Fsp3) is 0.500. The van der Waals surface area contributed by atoms with Gasteiger partial charge in [-0.25, -0.2) is 4.98 Å². The zero-order valence-corrected chi connectivity index (χ0v) is 13.4. The third kappa shape index (κ3) is 3.82. The topological polar surface area (TPSA) is 44.3 Å². The van der Waals surface area contributed by atoms with Gasteiger partial charge in [0.25, 0.3) is 0 Å². The van der Waals surface area contributed by atoms with Crippen LogP contribution >= 0.6 is 0 Å². The molecule has 0 saturated heterocycles. The first-order valence-electron chi connectivity index (χ1n) is 7.50. The molecule has 5 nitrogen and oxygen atoms in total. The van der Waals surface area contributed by atoms with Crippen molar-refractivity contribution in [2.45, 2.75) is 13.3 Å². The van der Waals surface area contributed by atoms with Crippen molar-refractivity contribution < 1.29 is 0 Å². The molecule has 114 valence electrons. The Morgan fingerprint density at radius 1 is 1.10 bits per heavy atom. The number of hydrogen-bond acceptors (Lipinski definition) is 5. The molecular formula is C16H25N5. The minimum absolute atomic E-state index is 0.676. The lowest BCUT2D eigenvalue weighted by atomic mass is 10.2. The molecule has 1 N–H and O–H groups in total. The molecule has 5 heteroatoms. The van der Waals surface area contributed by atoms with Crippen molar-refractivity contribution in [1.29, 1.82) is 0 Å². The molecule has 0 aliphatic carbocycles. The van der Waals surface area contributed by atoms with Crippen molar-refractivity contribution >= 4 is 22.7 Å². The molecule has 0 aliphatic rings. The molecule has 1 aromatic heterocycles. The van der Waals surface area contributed by atoms with Crippen LogP contribution in [0.15, 0.2) is 24.3 Å². The Morgan fingerprint density at radius 2 is 1.86 bits per heavy atom. The van der Waals surface area contributed by atoms with Crippen molar-refractivity contribution in [3.8, 4) is 0 Å². The highest BCUT2D eigenvalue weighted by Gasteiger charge is 2.12. The number of nitrogens with one attached hydrogen (secondary N) is 1. The first kappa shape index (κ1) is 15.5. The number of anilines is 2. The van der Waals surface area contributed by atoms with Crippen LogP contribution in [0.4, 0.5) is 11.8 Å². The van der Waals surface area contributed by atoms with Crippen molar-refractivity contribution in [3.05, 3.63) is 24.3 Å². The zero-order chi connectivity index (χ0) is 15.2. The third-order valence-corrected chi connectivity index (χ3v) is 3.52. The van der Waals surface area contributed by atoms with Crippen LogP contribution in [-0.4, -0.2) is 55.6 Å². The highest BCUT2D eigenvalue weighted by atomic mass is 15.2. The number of nitrogens with zero attached hydrogens (tertiary/aromatic N) is 4. The molecule has 0 aliphatic heterocycles. The molecule has 1 aromatic carbocycles. The van der Waals surface area contributed by atoms with Gasteiger partial charge in [-0.2, -0.15) is 4.98 Å². The number of benzene rings is 1. The summed E-state index contributed by atoms with van der Waals surface area (Å²) in [7, 11) is 6.07. The van der Waals surface area contributed by atoms with Gasteiger partial charge in [0.05, 0.1) is 5.52 Å². The predicted octanol–water partition coefficient (Wildman–Crippen LogP) is 2.45. The number of para-hydroxylation sites is 1. The van der Waals surface area contributed by atoms with E-state index in [-0.39, 0.29) is 0 Å². The highest BCUT2D eigenvalue weighted by Crippen LogP contribution is 2.25. The normalized spacial score (nSPS) is 11.1. The van der Waals surface area contributed by atoms with E-state index in [1.165, 1.54) is 0 Å². The fourth-order valence-electron chi connectivity index (χ4n) is 2.40. The number of aromatic nitrogens is 2. The van der Waals surface area contributed by atoms with E-state index in [4.69, 9.17) is 0 Å². The van der Waals surface area contributed by atoms with E-state index in [1.807, 2.05) is 25.2 Å². The Labute approximate surface area is 127 Å². The summed E-state index contributed by atoms with van der Waals surface area (Å²) in [4.78, 5) is 13.7. The lowest BCUT2D eigenvalue weighted by molar-refractivity contribution is 0.400. The second-order valence-corrected chi connectivity index (χ2v) is 5.37. The molecule has 0 bridgehead atoms. The molecule has 1 heterocycles. The standard InChI is InChI=1S/C16H25N5/c1-5-21(12-8-11-20(3)4)15-13-9-6-7-10-14(13)18-16(17-2)19-15/h6-7,9-10H,5,8,11-12H2,1-4H3,(H,17,18,19). The van der Waals surface area contributed by atoms with Gasteiger partial charge in [-0.1, -0.05) is 12.1 Å². The Hall–Kier alpha value is -1.88. The van der Waals surface area contributed by atoms with E-state index in [0.29, 0.717) is 5.95 Å². The summed E-state index contributed by atoms with van der Waals surface area (Å²) in [5, 5.41) is 4.17. The molecule has 2 aromatic rings. The Balaban J connectivity index is 2.32. The predicted molar refractivity (Wildman–Crippen MR) is 90.1 cm³/mol. The van der Waals surface area contributed by atoms with Gasteiger partial charge in [0, 0.05) is 25.5 Å². The number of hydrogen-bond donors (Lipinski definition) is 1. The fourth-order valence-corrected chi connectivity index (χ4v) is 2.40. The van der Waals surface area contributed by atoms with Crippen molar-refractivity contribution in [3.63, 3.8) is 0 Å². The van der Waals surface area contributed by atoms with Gasteiger partial charge in [-0.05, 0) is 46.1 Å². The molecule has 0 unspecified atom stereocenters. The molecule has 0 radical (unpaired) electrons. The van der Waals surface area contributed by atoms with Crippen LogP contribution < -0.4 is 10.2 Å². The summed E-state index contributed by atoms with van der Waals surface area (Å²) >= 11 is 0. The van der Waals surface area contributed by atoms with Crippen molar-refractivity contribution in [1.82, 2.24) is 14.9 Å². The minimum atomic E-state index is 0.676. The van der Waals surface area contributed by atoms with E-state index >= 15 is 0 Å². The summed E-state index contributed by atoms with van der Waals surface area (Å²) in [6, 6.07) is 8.19. The Bertz CT molecular complexity index is 582. The van der Waals surface area contributed by atoms with Crippen molar-refractivity contribution in [2.75, 3.05) is 51.0 Å². The van der Waals surface area contributed by atoms with Gasteiger partial charge >= 0.3 is 0 Å².